The normalized spacial score (nSPS) is 41.4. The van der Waals surface area contributed by atoms with E-state index in [0.717, 1.165) is 19.3 Å². The van der Waals surface area contributed by atoms with Crippen LogP contribution >= 0.6 is 0 Å². The summed E-state index contributed by atoms with van der Waals surface area (Å²) in [6.45, 7) is 3.51. The first-order valence-corrected chi connectivity index (χ1v) is 7.44. The minimum Gasteiger partial charge on any atom is -0.368 e. The fourth-order valence-electron chi connectivity index (χ4n) is 3.84. The average Bonchev–Trinajstić information content (AvgIpc) is 2.85. The molecule has 2 saturated carbocycles. The molecule has 0 spiro atoms. The summed E-state index contributed by atoms with van der Waals surface area (Å²) >= 11 is 0. The summed E-state index contributed by atoms with van der Waals surface area (Å²) in [5, 5.41) is 3.53. The van der Waals surface area contributed by atoms with Crippen LogP contribution in [0.15, 0.2) is 0 Å². The second-order valence-electron chi connectivity index (χ2n) is 6.49. The number of amides is 1. The Bertz CT molecular complexity index is 342. The van der Waals surface area contributed by atoms with Crippen molar-refractivity contribution >= 4 is 5.91 Å². The van der Waals surface area contributed by atoms with Crippen molar-refractivity contribution in [3.8, 4) is 0 Å². The fraction of sp³-hybridized carbons (Fsp3) is 0.929. The number of carbonyl (C=O) groups excluding carboxylic acids is 1. The van der Waals surface area contributed by atoms with E-state index in [9.17, 15) is 4.79 Å². The van der Waals surface area contributed by atoms with Gasteiger partial charge in [0.15, 0.2) is 0 Å². The highest BCUT2D eigenvalue weighted by Crippen LogP contribution is 2.38. The van der Waals surface area contributed by atoms with Gasteiger partial charge in [-0.2, -0.15) is 0 Å². The third kappa shape index (κ3) is 2.16. The third-order valence-electron chi connectivity index (χ3n) is 5.09. The molecule has 3 rings (SSSR count). The summed E-state index contributed by atoms with van der Waals surface area (Å²) in [4.78, 5) is 14.5. The molecule has 0 aromatic carbocycles. The highest BCUT2D eigenvalue weighted by molar-refractivity contribution is 5.85. The molecule has 3 atom stereocenters. The summed E-state index contributed by atoms with van der Waals surface area (Å²) in [6, 6.07) is 1.79. The molecule has 0 aromatic rings. The Labute approximate surface area is 109 Å². The predicted octanol–water partition coefficient (Wildman–Crippen LogP) is 0.999. The molecule has 102 valence electrons. The van der Waals surface area contributed by atoms with Crippen molar-refractivity contribution in [2.75, 3.05) is 6.54 Å². The number of primary amides is 1. The van der Waals surface area contributed by atoms with Crippen molar-refractivity contribution in [3.63, 3.8) is 0 Å². The molecule has 0 radical (unpaired) electrons. The zero-order chi connectivity index (χ0) is 12.8. The Kier molecular flexibility index (Phi) is 3.10. The highest BCUT2D eigenvalue weighted by Gasteiger charge is 2.48. The number of likely N-dealkylation sites (tertiary alicyclic amines) is 1. The maximum absolute atomic E-state index is 11.9. The zero-order valence-corrected chi connectivity index (χ0v) is 11.3. The van der Waals surface area contributed by atoms with Crippen LogP contribution in [-0.2, 0) is 4.79 Å². The Hall–Kier alpha value is -0.610. The van der Waals surface area contributed by atoms with Crippen molar-refractivity contribution in [3.05, 3.63) is 0 Å². The summed E-state index contributed by atoms with van der Waals surface area (Å²) in [7, 11) is 0. The number of nitrogens with zero attached hydrogens (tertiary/aromatic N) is 1. The molecule has 18 heavy (non-hydrogen) atoms. The standard InChI is InChI=1S/C14H25N3O/c1-10-3-2-8-17(10)12-6-7-14(9-12,13(15)18)16-11-4-5-11/h10-12,16H,2-9H2,1H3,(H2,15,18). The zero-order valence-electron chi connectivity index (χ0n) is 11.3. The minimum atomic E-state index is -0.409. The Morgan fingerprint density at radius 1 is 1.33 bits per heavy atom. The van der Waals surface area contributed by atoms with Crippen LogP contribution in [0.5, 0.6) is 0 Å². The van der Waals surface area contributed by atoms with Gasteiger partial charge in [0.25, 0.3) is 0 Å². The van der Waals surface area contributed by atoms with Crippen molar-refractivity contribution in [1.29, 1.82) is 0 Å². The monoisotopic (exact) mass is 251 g/mol. The van der Waals surface area contributed by atoms with Crippen LogP contribution in [0.4, 0.5) is 0 Å². The summed E-state index contributed by atoms with van der Waals surface area (Å²) in [5.41, 5.74) is 5.28. The molecule has 3 fully saturated rings. The molecule has 1 heterocycles. The van der Waals surface area contributed by atoms with E-state index in [1.807, 2.05) is 0 Å². The smallest absolute Gasteiger partial charge is 0.237 e. The first-order valence-electron chi connectivity index (χ1n) is 7.44. The maximum atomic E-state index is 11.9. The van der Waals surface area contributed by atoms with Crippen LogP contribution in [0, 0.1) is 0 Å². The minimum absolute atomic E-state index is 0.135. The van der Waals surface area contributed by atoms with E-state index in [4.69, 9.17) is 5.73 Å². The first-order chi connectivity index (χ1) is 8.61. The van der Waals surface area contributed by atoms with Crippen molar-refractivity contribution in [2.24, 2.45) is 5.73 Å². The SMILES string of the molecule is CC1CCCN1C1CCC(NC2CC2)(C(N)=O)C1. The van der Waals surface area contributed by atoms with Gasteiger partial charge >= 0.3 is 0 Å². The van der Waals surface area contributed by atoms with Crippen LogP contribution in [0.25, 0.3) is 0 Å². The van der Waals surface area contributed by atoms with Gasteiger partial charge in [0.2, 0.25) is 5.91 Å². The third-order valence-corrected chi connectivity index (χ3v) is 5.09. The van der Waals surface area contributed by atoms with Crippen LogP contribution in [0.1, 0.15) is 51.9 Å². The molecular formula is C14H25N3O. The van der Waals surface area contributed by atoms with E-state index >= 15 is 0 Å². The fourth-order valence-corrected chi connectivity index (χ4v) is 3.84. The van der Waals surface area contributed by atoms with Gasteiger partial charge in [0, 0.05) is 18.1 Å². The van der Waals surface area contributed by atoms with Gasteiger partial charge in [-0.3, -0.25) is 9.69 Å². The Morgan fingerprint density at radius 3 is 2.67 bits per heavy atom. The molecule has 4 nitrogen and oxygen atoms in total. The van der Waals surface area contributed by atoms with E-state index in [2.05, 4.69) is 17.1 Å². The van der Waals surface area contributed by atoms with Crippen molar-refractivity contribution in [1.82, 2.24) is 10.2 Å². The summed E-state index contributed by atoms with van der Waals surface area (Å²) < 4.78 is 0. The van der Waals surface area contributed by atoms with Crippen molar-refractivity contribution in [2.45, 2.75) is 75.5 Å². The van der Waals surface area contributed by atoms with Gasteiger partial charge in [0.1, 0.15) is 0 Å². The van der Waals surface area contributed by atoms with E-state index in [-0.39, 0.29) is 5.91 Å². The summed E-state index contributed by atoms with van der Waals surface area (Å²) in [5.74, 6) is -0.135. The van der Waals surface area contributed by atoms with Gasteiger partial charge in [-0.05, 0) is 58.4 Å². The molecule has 0 bridgehead atoms. The van der Waals surface area contributed by atoms with Crippen LogP contribution < -0.4 is 11.1 Å². The van der Waals surface area contributed by atoms with Gasteiger partial charge in [-0.25, -0.2) is 0 Å². The molecule has 1 aliphatic heterocycles. The van der Waals surface area contributed by atoms with E-state index in [1.165, 1.54) is 32.2 Å². The number of nitrogens with one attached hydrogen (secondary N) is 1. The summed E-state index contributed by atoms with van der Waals surface area (Å²) in [6.07, 6.45) is 7.98. The molecule has 3 N–H and O–H groups in total. The lowest BCUT2D eigenvalue weighted by atomic mass is 9.96. The molecule has 2 aliphatic carbocycles. The van der Waals surface area contributed by atoms with Gasteiger partial charge in [0.05, 0.1) is 5.54 Å². The van der Waals surface area contributed by atoms with Crippen LogP contribution in [0.2, 0.25) is 0 Å². The van der Waals surface area contributed by atoms with E-state index < -0.39 is 5.54 Å². The quantitative estimate of drug-likeness (QED) is 0.783. The molecular weight excluding hydrogens is 226 g/mol. The van der Waals surface area contributed by atoms with Gasteiger partial charge < -0.3 is 11.1 Å². The first kappa shape index (κ1) is 12.4. The van der Waals surface area contributed by atoms with Crippen LogP contribution in [0.3, 0.4) is 0 Å². The van der Waals surface area contributed by atoms with E-state index in [0.29, 0.717) is 18.1 Å². The second-order valence-corrected chi connectivity index (χ2v) is 6.49. The number of carbonyl (C=O) groups is 1. The highest BCUT2D eigenvalue weighted by atomic mass is 16.1. The maximum Gasteiger partial charge on any atom is 0.237 e. The largest absolute Gasteiger partial charge is 0.368 e. The lowest BCUT2D eigenvalue weighted by Crippen LogP contribution is -2.55. The van der Waals surface area contributed by atoms with Crippen LogP contribution in [-0.4, -0.2) is 41.0 Å². The number of rotatable bonds is 4. The molecule has 1 amide bonds. The van der Waals surface area contributed by atoms with Gasteiger partial charge in [-0.15, -0.1) is 0 Å². The molecule has 1 saturated heterocycles. The number of hydrogen-bond donors (Lipinski definition) is 2. The number of hydrogen-bond acceptors (Lipinski definition) is 3. The van der Waals surface area contributed by atoms with Gasteiger partial charge in [-0.1, -0.05) is 0 Å². The molecule has 4 heteroatoms. The molecule has 0 aromatic heterocycles. The Balaban J connectivity index is 1.68. The lowest BCUT2D eigenvalue weighted by molar-refractivity contribution is -0.124. The second kappa shape index (κ2) is 4.49. The lowest BCUT2D eigenvalue weighted by Gasteiger charge is -2.31. The Morgan fingerprint density at radius 2 is 2.11 bits per heavy atom. The van der Waals surface area contributed by atoms with E-state index in [1.54, 1.807) is 0 Å². The number of nitrogens with two attached hydrogens (primary N) is 1. The van der Waals surface area contributed by atoms with Crippen molar-refractivity contribution < 1.29 is 4.79 Å². The average molecular weight is 251 g/mol. The molecule has 3 unspecified atom stereocenters. The molecule has 3 aliphatic rings. The topological polar surface area (TPSA) is 58.4 Å². The predicted molar refractivity (Wildman–Crippen MR) is 71.1 cm³/mol.